The zero-order valence-corrected chi connectivity index (χ0v) is 10.3. The molecule has 0 aliphatic heterocycles. The Labute approximate surface area is 105 Å². The van der Waals surface area contributed by atoms with Gasteiger partial charge < -0.3 is 25.2 Å². The van der Waals surface area contributed by atoms with Crippen LogP contribution in [0, 0.1) is 0 Å². The lowest BCUT2D eigenvalue weighted by Gasteiger charge is -2.28. The van der Waals surface area contributed by atoms with Gasteiger partial charge in [0.05, 0.1) is 19.8 Å². The summed E-state index contributed by atoms with van der Waals surface area (Å²) in [6, 6.07) is 0. The molecule has 0 saturated carbocycles. The molecule has 1 aromatic rings. The Morgan fingerprint density at radius 3 is 2.44 bits per heavy atom. The Morgan fingerprint density at radius 1 is 1.33 bits per heavy atom. The largest absolute Gasteiger partial charge is 0.394 e. The third kappa shape index (κ3) is 3.06. The van der Waals surface area contributed by atoms with Crippen LogP contribution in [-0.4, -0.2) is 50.2 Å². The van der Waals surface area contributed by atoms with Crippen molar-refractivity contribution in [3.05, 3.63) is 22.7 Å². The quantitative estimate of drug-likeness (QED) is 0.488. The fourth-order valence-corrected chi connectivity index (χ4v) is 1.47. The van der Waals surface area contributed by atoms with Crippen molar-refractivity contribution < 1.29 is 15.3 Å². The molecule has 7 nitrogen and oxygen atoms in total. The van der Waals surface area contributed by atoms with Crippen LogP contribution in [0.2, 0.25) is 0 Å². The van der Waals surface area contributed by atoms with E-state index in [4.69, 9.17) is 0 Å². The van der Waals surface area contributed by atoms with Crippen LogP contribution in [0.15, 0.2) is 17.2 Å². The normalized spacial score (nSPS) is 11.6. The summed E-state index contributed by atoms with van der Waals surface area (Å²) >= 11 is 0. The van der Waals surface area contributed by atoms with Crippen LogP contribution >= 0.6 is 0 Å². The van der Waals surface area contributed by atoms with Crippen molar-refractivity contribution in [2.45, 2.75) is 25.4 Å². The van der Waals surface area contributed by atoms with Gasteiger partial charge in [-0.3, -0.25) is 4.79 Å². The van der Waals surface area contributed by atoms with E-state index < -0.39 is 25.4 Å². The van der Waals surface area contributed by atoms with E-state index in [-0.39, 0.29) is 11.4 Å². The summed E-state index contributed by atoms with van der Waals surface area (Å²) < 4.78 is 1.48. The summed E-state index contributed by atoms with van der Waals surface area (Å²) in [5, 5.41) is 30.2. The number of aromatic nitrogens is 2. The minimum Gasteiger partial charge on any atom is -0.394 e. The number of nitrogens with zero attached hydrogens (tertiary/aromatic N) is 2. The van der Waals surface area contributed by atoms with Crippen molar-refractivity contribution >= 4 is 5.82 Å². The summed E-state index contributed by atoms with van der Waals surface area (Å²) in [5.74, 6) is 0.00287. The van der Waals surface area contributed by atoms with Gasteiger partial charge in [-0.15, -0.1) is 0 Å². The van der Waals surface area contributed by atoms with Gasteiger partial charge in [0, 0.05) is 18.9 Å². The van der Waals surface area contributed by atoms with Gasteiger partial charge in [-0.2, -0.15) is 0 Å². The second kappa shape index (κ2) is 6.48. The van der Waals surface area contributed by atoms with Gasteiger partial charge in [0.2, 0.25) is 0 Å². The first-order chi connectivity index (χ1) is 8.62. The highest BCUT2D eigenvalue weighted by Gasteiger charge is 2.29. The Bertz CT molecular complexity index is 420. The highest BCUT2D eigenvalue weighted by molar-refractivity contribution is 5.35. The maximum Gasteiger partial charge on any atom is 0.293 e. The molecule has 0 radical (unpaired) electrons. The van der Waals surface area contributed by atoms with Gasteiger partial charge in [0.15, 0.2) is 5.82 Å². The van der Waals surface area contributed by atoms with Crippen LogP contribution in [0.25, 0.3) is 0 Å². The summed E-state index contributed by atoms with van der Waals surface area (Å²) in [4.78, 5) is 15.8. The summed E-state index contributed by atoms with van der Waals surface area (Å²) in [5.41, 5.74) is -1.70. The molecule has 0 aliphatic carbocycles. The van der Waals surface area contributed by atoms with E-state index in [1.165, 1.54) is 10.8 Å². The first-order valence-corrected chi connectivity index (χ1v) is 5.78. The third-order valence-corrected chi connectivity index (χ3v) is 2.67. The molecule has 0 fully saturated rings. The van der Waals surface area contributed by atoms with E-state index in [0.29, 0.717) is 6.54 Å². The van der Waals surface area contributed by atoms with Crippen LogP contribution in [0.5, 0.6) is 0 Å². The lowest BCUT2D eigenvalue weighted by Crippen LogP contribution is -2.50. The first-order valence-electron chi connectivity index (χ1n) is 5.78. The summed E-state index contributed by atoms with van der Waals surface area (Å²) in [6.07, 6.45) is 3.82. The number of rotatable bonds is 7. The van der Waals surface area contributed by atoms with Gasteiger partial charge in [0.25, 0.3) is 5.56 Å². The molecule has 0 aromatic carbocycles. The maximum absolute atomic E-state index is 12.0. The fourth-order valence-electron chi connectivity index (χ4n) is 1.47. The smallest absolute Gasteiger partial charge is 0.293 e. The second-order valence-electron chi connectivity index (χ2n) is 4.15. The minimum absolute atomic E-state index is 0.00287. The molecular weight excluding hydrogens is 238 g/mol. The highest BCUT2D eigenvalue weighted by Crippen LogP contribution is 2.09. The van der Waals surface area contributed by atoms with Crippen molar-refractivity contribution in [2.75, 3.05) is 25.1 Å². The number of anilines is 1. The van der Waals surface area contributed by atoms with Crippen molar-refractivity contribution in [3.63, 3.8) is 0 Å². The molecule has 1 heterocycles. The number of aryl methyl sites for hydroxylation is 1. The van der Waals surface area contributed by atoms with Crippen molar-refractivity contribution in [1.29, 1.82) is 0 Å². The highest BCUT2D eigenvalue weighted by atomic mass is 16.3. The molecule has 4 N–H and O–H groups in total. The molecule has 0 unspecified atom stereocenters. The predicted molar refractivity (Wildman–Crippen MR) is 66.4 cm³/mol. The van der Waals surface area contributed by atoms with Gasteiger partial charge in [0.1, 0.15) is 5.54 Å². The van der Waals surface area contributed by atoms with E-state index in [2.05, 4.69) is 10.3 Å². The molecule has 7 heteroatoms. The number of hydrogen-bond donors (Lipinski definition) is 4. The van der Waals surface area contributed by atoms with Crippen LogP contribution in [0.1, 0.15) is 13.3 Å². The Kier molecular flexibility index (Phi) is 5.26. The van der Waals surface area contributed by atoms with Crippen LogP contribution in [0.3, 0.4) is 0 Å². The van der Waals surface area contributed by atoms with Crippen LogP contribution in [-0.2, 0) is 6.54 Å². The fraction of sp³-hybridized carbons (Fsp3) is 0.636. The molecular formula is C11H19N3O4. The number of hydrogen-bond acceptors (Lipinski definition) is 6. The second-order valence-corrected chi connectivity index (χ2v) is 4.15. The molecule has 1 rings (SSSR count). The number of nitrogens with one attached hydrogen (secondary N) is 1. The Hall–Kier alpha value is -1.44. The molecule has 0 spiro atoms. The van der Waals surface area contributed by atoms with Gasteiger partial charge in [-0.25, -0.2) is 4.98 Å². The van der Waals surface area contributed by atoms with E-state index in [0.717, 1.165) is 6.42 Å². The molecule has 0 amide bonds. The molecule has 102 valence electrons. The van der Waals surface area contributed by atoms with Gasteiger partial charge >= 0.3 is 0 Å². The molecule has 0 atom stereocenters. The maximum atomic E-state index is 12.0. The molecule has 0 saturated heterocycles. The topological polar surface area (TPSA) is 108 Å². The van der Waals surface area contributed by atoms with Gasteiger partial charge in [-0.05, 0) is 6.42 Å². The Balaban J connectivity index is 3.04. The average molecular weight is 257 g/mol. The SMILES string of the molecule is CCCn1ccnc(NC(CO)(CO)CO)c1=O. The van der Waals surface area contributed by atoms with E-state index in [9.17, 15) is 20.1 Å². The average Bonchev–Trinajstić information content (AvgIpc) is 2.41. The first kappa shape index (κ1) is 14.6. The van der Waals surface area contributed by atoms with Crippen molar-refractivity contribution in [3.8, 4) is 0 Å². The summed E-state index contributed by atoms with van der Waals surface area (Å²) in [6.45, 7) is 0.969. The predicted octanol–water partition coefficient (Wildman–Crippen LogP) is -1.22. The molecule has 0 bridgehead atoms. The molecule has 18 heavy (non-hydrogen) atoms. The standard InChI is InChI=1S/C11H19N3O4/c1-2-4-14-5-3-12-9(10(14)18)13-11(6-15,7-16)8-17/h3,5,15-17H,2,4,6-8H2,1H3,(H,12,13). The Morgan fingerprint density at radius 2 is 1.94 bits per heavy atom. The number of aliphatic hydroxyl groups excluding tert-OH is 3. The van der Waals surface area contributed by atoms with Crippen LogP contribution in [0.4, 0.5) is 5.82 Å². The van der Waals surface area contributed by atoms with Gasteiger partial charge in [-0.1, -0.05) is 6.92 Å². The van der Waals surface area contributed by atoms with Crippen molar-refractivity contribution in [1.82, 2.24) is 9.55 Å². The number of aliphatic hydroxyl groups is 3. The van der Waals surface area contributed by atoms with E-state index in [1.54, 1.807) is 6.20 Å². The molecule has 1 aromatic heterocycles. The van der Waals surface area contributed by atoms with E-state index in [1.807, 2.05) is 6.92 Å². The lowest BCUT2D eigenvalue weighted by atomic mass is 10.0. The lowest BCUT2D eigenvalue weighted by molar-refractivity contribution is 0.0829. The zero-order chi connectivity index (χ0) is 13.6. The van der Waals surface area contributed by atoms with E-state index >= 15 is 0 Å². The third-order valence-electron chi connectivity index (χ3n) is 2.67. The zero-order valence-electron chi connectivity index (χ0n) is 10.3. The van der Waals surface area contributed by atoms with Crippen molar-refractivity contribution in [2.24, 2.45) is 0 Å². The monoisotopic (exact) mass is 257 g/mol. The van der Waals surface area contributed by atoms with Crippen LogP contribution < -0.4 is 10.9 Å². The minimum atomic E-state index is -1.35. The molecule has 0 aliphatic rings. The summed E-state index contributed by atoms with van der Waals surface area (Å²) in [7, 11) is 0.